The number of fused-ring (bicyclic) bond motifs is 2. The standard InChI is InChI=1S/C18H29BO/c1-3-4-5-6-7-8-11-16(2)20-19-17-12-9-13-18(19)15-10-14-17/h11,17-18H,3-5,8-10,12-15H2,1-2H3. The Morgan fingerprint density at radius 3 is 2.40 bits per heavy atom. The van der Waals surface area contributed by atoms with Crippen LogP contribution in [0.15, 0.2) is 11.8 Å². The summed E-state index contributed by atoms with van der Waals surface area (Å²) >= 11 is 0. The van der Waals surface area contributed by atoms with Crippen molar-refractivity contribution >= 4 is 6.92 Å². The Morgan fingerprint density at radius 2 is 1.80 bits per heavy atom. The van der Waals surface area contributed by atoms with Crippen LogP contribution in [-0.2, 0) is 4.65 Å². The Bertz CT molecular complexity index is 355. The molecule has 110 valence electrons. The number of rotatable bonds is 5. The first kappa shape index (κ1) is 15.6. The molecule has 2 rings (SSSR count). The Kier molecular flexibility index (Phi) is 6.57. The van der Waals surface area contributed by atoms with E-state index in [4.69, 9.17) is 4.65 Å². The van der Waals surface area contributed by atoms with Gasteiger partial charge in [0.1, 0.15) is 0 Å². The predicted octanol–water partition coefficient (Wildman–Crippen LogP) is 5.59. The van der Waals surface area contributed by atoms with E-state index in [0.717, 1.165) is 30.2 Å². The van der Waals surface area contributed by atoms with Gasteiger partial charge in [-0.15, -0.1) is 5.92 Å². The second-order valence-electron chi connectivity index (χ2n) is 6.44. The molecule has 0 aromatic carbocycles. The van der Waals surface area contributed by atoms with Crippen LogP contribution >= 0.6 is 0 Å². The zero-order valence-electron chi connectivity index (χ0n) is 13.3. The Balaban J connectivity index is 1.77. The van der Waals surface area contributed by atoms with Gasteiger partial charge in [-0.1, -0.05) is 57.8 Å². The van der Waals surface area contributed by atoms with Crippen molar-refractivity contribution in [1.29, 1.82) is 0 Å². The minimum absolute atomic E-state index is 0.502. The van der Waals surface area contributed by atoms with Crippen molar-refractivity contribution in [3.63, 3.8) is 0 Å². The molecule has 0 amide bonds. The molecule has 0 spiro atoms. The molecule has 0 N–H and O–H groups in total. The molecule has 0 aromatic heterocycles. The van der Waals surface area contributed by atoms with E-state index in [0.29, 0.717) is 6.92 Å². The van der Waals surface area contributed by atoms with Gasteiger partial charge in [0.15, 0.2) is 0 Å². The Hall–Kier alpha value is -0.835. The maximum Gasteiger partial charge on any atom is 0.363 e. The lowest BCUT2D eigenvalue weighted by Crippen LogP contribution is -2.36. The summed E-state index contributed by atoms with van der Waals surface area (Å²) in [5.74, 6) is 9.20. The van der Waals surface area contributed by atoms with Gasteiger partial charge in [0.2, 0.25) is 0 Å². The van der Waals surface area contributed by atoms with Gasteiger partial charge >= 0.3 is 6.92 Å². The van der Waals surface area contributed by atoms with Crippen molar-refractivity contribution in [3.8, 4) is 11.8 Å². The molecular weight excluding hydrogens is 243 g/mol. The summed E-state index contributed by atoms with van der Waals surface area (Å²) in [7, 11) is 0. The summed E-state index contributed by atoms with van der Waals surface area (Å²) in [5.41, 5.74) is 0. The zero-order valence-corrected chi connectivity index (χ0v) is 13.3. The number of hydrogen-bond acceptors (Lipinski definition) is 1. The fourth-order valence-corrected chi connectivity index (χ4v) is 3.69. The molecule has 2 heteroatoms. The van der Waals surface area contributed by atoms with Gasteiger partial charge in [-0.3, -0.25) is 0 Å². The van der Waals surface area contributed by atoms with Crippen molar-refractivity contribution in [2.24, 2.45) is 0 Å². The molecule has 0 aliphatic carbocycles. The van der Waals surface area contributed by atoms with Gasteiger partial charge in [0.25, 0.3) is 0 Å². The topological polar surface area (TPSA) is 9.23 Å². The average Bonchev–Trinajstić information content (AvgIpc) is 2.42. The van der Waals surface area contributed by atoms with Crippen LogP contribution in [0, 0.1) is 11.8 Å². The third-order valence-electron chi connectivity index (χ3n) is 4.82. The van der Waals surface area contributed by atoms with E-state index < -0.39 is 0 Å². The van der Waals surface area contributed by atoms with Gasteiger partial charge in [-0.2, -0.15) is 0 Å². The Morgan fingerprint density at radius 1 is 1.15 bits per heavy atom. The summed E-state index contributed by atoms with van der Waals surface area (Å²) in [5, 5.41) is 0. The largest absolute Gasteiger partial charge is 0.563 e. The normalized spacial score (nSPS) is 25.9. The van der Waals surface area contributed by atoms with Crippen molar-refractivity contribution in [1.82, 2.24) is 0 Å². The number of hydrogen-bond donors (Lipinski definition) is 0. The highest BCUT2D eigenvalue weighted by Gasteiger charge is 2.42. The van der Waals surface area contributed by atoms with E-state index >= 15 is 0 Å². The van der Waals surface area contributed by atoms with Crippen LogP contribution in [0.25, 0.3) is 0 Å². The Labute approximate surface area is 125 Å². The molecule has 2 heterocycles. The third-order valence-corrected chi connectivity index (χ3v) is 4.82. The highest BCUT2D eigenvalue weighted by atomic mass is 16.4. The highest BCUT2D eigenvalue weighted by Crippen LogP contribution is 2.47. The summed E-state index contributed by atoms with van der Waals surface area (Å²) < 4.78 is 6.28. The smallest absolute Gasteiger partial charge is 0.363 e. The van der Waals surface area contributed by atoms with E-state index in [9.17, 15) is 0 Å². The summed E-state index contributed by atoms with van der Waals surface area (Å²) in [6.45, 7) is 4.82. The molecule has 2 aliphatic rings. The van der Waals surface area contributed by atoms with E-state index in [1.54, 1.807) is 0 Å². The second-order valence-corrected chi connectivity index (χ2v) is 6.44. The SMILES string of the molecule is CCCCC#CCC=C(C)OB1C2CCCC1CCC2. The molecule has 2 saturated heterocycles. The van der Waals surface area contributed by atoms with Crippen molar-refractivity contribution in [3.05, 3.63) is 11.8 Å². The molecule has 0 aromatic rings. The summed E-state index contributed by atoms with van der Waals surface area (Å²) in [4.78, 5) is 0. The van der Waals surface area contributed by atoms with E-state index in [1.165, 1.54) is 51.4 Å². The van der Waals surface area contributed by atoms with E-state index in [2.05, 4.69) is 31.8 Å². The van der Waals surface area contributed by atoms with Gasteiger partial charge in [-0.25, -0.2) is 0 Å². The lowest BCUT2D eigenvalue weighted by molar-refractivity contribution is 0.333. The summed E-state index contributed by atoms with van der Waals surface area (Å²) in [6.07, 6.45) is 14.9. The van der Waals surface area contributed by atoms with E-state index in [1.807, 2.05) is 0 Å². The molecule has 0 saturated carbocycles. The number of allylic oxidation sites excluding steroid dienone is 2. The molecule has 0 atom stereocenters. The van der Waals surface area contributed by atoms with Gasteiger partial charge in [-0.05, 0) is 31.1 Å². The third kappa shape index (κ3) is 4.62. The van der Waals surface area contributed by atoms with Crippen molar-refractivity contribution in [2.45, 2.75) is 89.7 Å². The minimum Gasteiger partial charge on any atom is -0.563 e. The van der Waals surface area contributed by atoms with Crippen LogP contribution in [0.5, 0.6) is 0 Å². The highest BCUT2D eigenvalue weighted by molar-refractivity contribution is 6.56. The quantitative estimate of drug-likeness (QED) is 0.274. The van der Waals surface area contributed by atoms with Crippen LogP contribution in [0.4, 0.5) is 0 Å². The first-order chi connectivity index (χ1) is 9.81. The summed E-state index contributed by atoms with van der Waals surface area (Å²) in [6, 6.07) is 0. The molecule has 0 unspecified atom stereocenters. The van der Waals surface area contributed by atoms with Gasteiger partial charge in [0, 0.05) is 12.8 Å². The lowest BCUT2D eigenvalue weighted by Gasteiger charge is -2.39. The number of unbranched alkanes of at least 4 members (excludes halogenated alkanes) is 2. The first-order valence-electron chi connectivity index (χ1n) is 8.60. The average molecular weight is 272 g/mol. The van der Waals surface area contributed by atoms with Crippen LogP contribution in [0.3, 0.4) is 0 Å². The van der Waals surface area contributed by atoms with Gasteiger partial charge < -0.3 is 4.65 Å². The fourth-order valence-electron chi connectivity index (χ4n) is 3.69. The van der Waals surface area contributed by atoms with Crippen LogP contribution < -0.4 is 0 Å². The maximum absolute atomic E-state index is 6.28. The molecule has 2 fully saturated rings. The fraction of sp³-hybridized carbons (Fsp3) is 0.778. The molecule has 0 radical (unpaired) electrons. The molecule has 2 aliphatic heterocycles. The van der Waals surface area contributed by atoms with Gasteiger partial charge in [0.05, 0.1) is 5.76 Å². The van der Waals surface area contributed by atoms with Crippen LogP contribution in [-0.4, -0.2) is 6.92 Å². The maximum atomic E-state index is 6.28. The van der Waals surface area contributed by atoms with Crippen molar-refractivity contribution in [2.75, 3.05) is 0 Å². The van der Waals surface area contributed by atoms with Crippen LogP contribution in [0.1, 0.15) is 78.1 Å². The van der Waals surface area contributed by atoms with Crippen molar-refractivity contribution < 1.29 is 4.65 Å². The lowest BCUT2D eigenvalue weighted by atomic mass is 9.38. The zero-order chi connectivity index (χ0) is 14.2. The molecule has 1 nitrogen and oxygen atoms in total. The van der Waals surface area contributed by atoms with E-state index in [-0.39, 0.29) is 0 Å². The first-order valence-corrected chi connectivity index (χ1v) is 8.60. The predicted molar refractivity (Wildman–Crippen MR) is 87.7 cm³/mol. The molecular formula is C18H29BO. The minimum atomic E-state index is 0.502. The molecule has 2 bridgehead atoms. The second kappa shape index (κ2) is 8.45. The van der Waals surface area contributed by atoms with Crippen LogP contribution in [0.2, 0.25) is 11.6 Å². The molecule has 20 heavy (non-hydrogen) atoms. The monoisotopic (exact) mass is 272 g/mol.